The van der Waals surface area contributed by atoms with Crippen LogP contribution in [0.3, 0.4) is 0 Å². The number of hydrogen-bond acceptors (Lipinski definition) is 7. The quantitative estimate of drug-likeness (QED) is 0.521. The summed E-state index contributed by atoms with van der Waals surface area (Å²) in [6, 6.07) is 4.47. The SMILES string of the molecule is CCN(C(=O)c1cc(F)ccc1Oc1cncnc1N1CC2(CCN(C[C@H]3CC[C@H](N)CC3)CC2)C1)C(C)C. The van der Waals surface area contributed by atoms with Gasteiger partial charge in [0, 0.05) is 43.7 Å². The van der Waals surface area contributed by atoms with Gasteiger partial charge >= 0.3 is 0 Å². The molecule has 1 aromatic carbocycles. The Bertz CT molecular complexity index is 1140. The van der Waals surface area contributed by atoms with Gasteiger partial charge in [-0.05, 0) is 96.5 Å². The van der Waals surface area contributed by atoms with Crippen LogP contribution in [-0.2, 0) is 0 Å². The number of anilines is 1. The van der Waals surface area contributed by atoms with Gasteiger partial charge in [0.2, 0.25) is 0 Å². The summed E-state index contributed by atoms with van der Waals surface area (Å²) in [4.78, 5) is 28.6. The van der Waals surface area contributed by atoms with Crippen molar-refractivity contribution in [2.45, 2.75) is 71.4 Å². The third-order valence-electron chi connectivity index (χ3n) is 8.95. The van der Waals surface area contributed by atoms with E-state index in [0.717, 1.165) is 37.9 Å². The Morgan fingerprint density at radius 2 is 1.90 bits per heavy atom. The van der Waals surface area contributed by atoms with Crippen molar-refractivity contribution in [1.29, 1.82) is 0 Å². The Morgan fingerprint density at radius 1 is 1.18 bits per heavy atom. The van der Waals surface area contributed by atoms with E-state index in [1.165, 1.54) is 69.6 Å². The lowest BCUT2D eigenvalue weighted by atomic mass is 9.71. The largest absolute Gasteiger partial charge is 0.451 e. The Labute approximate surface area is 231 Å². The first-order valence-corrected chi connectivity index (χ1v) is 14.6. The highest BCUT2D eigenvalue weighted by Gasteiger charge is 2.46. The third kappa shape index (κ3) is 6.19. The number of nitrogens with zero attached hydrogens (tertiary/aromatic N) is 5. The molecule has 1 spiro atoms. The van der Waals surface area contributed by atoms with Crippen molar-refractivity contribution in [3.05, 3.63) is 42.1 Å². The van der Waals surface area contributed by atoms with Gasteiger partial charge in [0.1, 0.15) is 17.9 Å². The van der Waals surface area contributed by atoms with E-state index in [4.69, 9.17) is 10.5 Å². The van der Waals surface area contributed by atoms with Crippen molar-refractivity contribution in [1.82, 2.24) is 19.8 Å². The molecule has 1 amide bonds. The second-order valence-corrected chi connectivity index (χ2v) is 12.1. The van der Waals surface area contributed by atoms with Crippen LogP contribution in [0.4, 0.5) is 10.2 Å². The fourth-order valence-electron chi connectivity index (χ4n) is 6.57. The average molecular weight is 539 g/mol. The Morgan fingerprint density at radius 3 is 2.56 bits per heavy atom. The molecule has 0 radical (unpaired) electrons. The Kier molecular flexibility index (Phi) is 8.38. The molecular formula is C30H43FN6O2. The number of carbonyl (C=O) groups excluding carboxylic acids is 1. The topological polar surface area (TPSA) is 87.8 Å². The van der Waals surface area contributed by atoms with E-state index in [1.807, 2.05) is 20.8 Å². The van der Waals surface area contributed by atoms with Gasteiger partial charge in [-0.2, -0.15) is 0 Å². The zero-order chi connectivity index (χ0) is 27.6. The molecule has 2 saturated heterocycles. The minimum atomic E-state index is -0.474. The first kappa shape index (κ1) is 27.8. The Hall–Kier alpha value is -2.78. The zero-order valence-corrected chi connectivity index (χ0v) is 23.6. The minimum Gasteiger partial charge on any atom is -0.451 e. The second-order valence-electron chi connectivity index (χ2n) is 12.1. The van der Waals surface area contributed by atoms with Crippen molar-refractivity contribution in [3.8, 4) is 11.5 Å². The zero-order valence-electron chi connectivity index (χ0n) is 23.6. The summed E-state index contributed by atoms with van der Waals surface area (Å²) in [7, 11) is 0. The van der Waals surface area contributed by atoms with Gasteiger partial charge in [-0.25, -0.2) is 14.4 Å². The normalized spacial score (nSPS) is 23.1. The van der Waals surface area contributed by atoms with Crippen LogP contribution in [0.15, 0.2) is 30.7 Å². The molecule has 3 fully saturated rings. The second kappa shape index (κ2) is 11.8. The molecule has 2 N–H and O–H groups in total. The predicted octanol–water partition coefficient (Wildman–Crippen LogP) is 4.70. The number of amides is 1. The van der Waals surface area contributed by atoms with Crippen LogP contribution in [0.25, 0.3) is 0 Å². The molecule has 1 aliphatic carbocycles. The van der Waals surface area contributed by atoms with Gasteiger partial charge in [-0.3, -0.25) is 4.79 Å². The summed E-state index contributed by atoms with van der Waals surface area (Å²) in [5, 5.41) is 0. The maximum atomic E-state index is 14.2. The van der Waals surface area contributed by atoms with Gasteiger partial charge in [0.25, 0.3) is 5.91 Å². The minimum absolute atomic E-state index is 0.0149. The lowest BCUT2D eigenvalue weighted by molar-refractivity contribution is 0.0620. The monoisotopic (exact) mass is 538 g/mol. The third-order valence-corrected chi connectivity index (χ3v) is 8.95. The van der Waals surface area contributed by atoms with Crippen LogP contribution in [0.5, 0.6) is 11.5 Å². The first-order chi connectivity index (χ1) is 18.8. The van der Waals surface area contributed by atoms with Crippen LogP contribution in [-0.4, -0.2) is 77.0 Å². The number of likely N-dealkylation sites (tertiary alicyclic amines) is 1. The molecule has 0 bridgehead atoms. The van der Waals surface area contributed by atoms with Crippen LogP contribution >= 0.6 is 0 Å². The smallest absolute Gasteiger partial charge is 0.257 e. The van der Waals surface area contributed by atoms with E-state index in [-0.39, 0.29) is 17.5 Å². The molecule has 3 heterocycles. The molecular weight excluding hydrogens is 495 g/mol. The molecule has 8 nitrogen and oxygen atoms in total. The molecule has 0 unspecified atom stereocenters. The number of halogens is 1. The summed E-state index contributed by atoms with van der Waals surface area (Å²) >= 11 is 0. The maximum absolute atomic E-state index is 14.2. The van der Waals surface area contributed by atoms with Crippen LogP contribution in [0.2, 0.25) is 0 Å². The van der Waals surface area contributed by atoms with Crippen molar-refractivity contribution >= 4 is 11.7 Å². The fraction of sp³-hybridized carbons (Fsp3) is 0.633. The van der Waals surface area contributed by atoms with Gasteiger partial charge in [-0.1, -0.05) is 0 Å². The molecule has 0 atom stereocenters. The molecule has 39 heavy (non-hydrogen) atoms. The molecule has 2 aromatic rings. The van der Waals surface area contributed by atoms with Crippen LogP contribution in [0.1, 0.15) is 69.7 Å². The molecule has 2 aliphatic heterocycles. The number of piperidine rings is 1. The summed E-state index contributed by atoms with van der Waals surface area (Å²) in [5.74, 6) is 1.57. The van der Waals surface area contributed by atoms with Crippen LogP contribution < -0.4 is 15.4 Å². The molecule has 1 aromatic heterocycles. The van der Waals surface area contributed by atoms with E-state index in [0.29, 0.717) is 29.5 Å². The highest BCUT2D eigenvalue weighted by Crippen LogP contribution is 2.45. The molecule has 5 rings (SSSR count). The number of aromatic nitrogens is 2. The summed E-state index contributed by atoms with van der Waals surface area (Å²) in [6.07, 6.45) is 10.4. The maximum Gasteiger partial charge on any atom is 0.257 e. The van der Waals surface area contributed by atoms with Gasteiger partial charge in [-0.15, -0.1) is 0 Å². The summed E-state index contributed by atoms with van der Waals surface area (Å²) in [6.45, 7) is 11.7. The van der Waals surface area contributed by atoms with E-state index < -0.39 is 5.82 Å². The van der Waals surface area contributed by atoms with Gasteiger partial charge < -0.3 is 25.2 Å². The number of hydrogen-bond donors (Lipinski definition) is 1. The van der Waals surface area contributed by atoms with Crippen molar-refractivity contribution < 1.29 is 13.9 Å². The molecule has 3 aliphatic rings. The Balaban J connectivity index is 1.23. The number of benzene rings is 1. The lowest BCUT2D eigenvalue weighted by Gasteiger charge is -2.54. The summed E-state index contributed by atoms with van der Waals surface area (Å²) in [5.41, 5.74) is 6.60. The standard InChI is InChI=1S/C30H43FN6O2/c1-4-37(21(2)3)29(38)25-15-23(31)7-10-26(25)39-27-16-33-20-34-28(27)36-18-30(19-36)11-13-35(14-12-30)17-22-5-8-24(32)9-6-22/h7,10,15-16,20-22,24H,4-6,8-9,11-14,17-19,32H2,1-3H3/t22-,24-. The predicted molar refractivity (Wildman–Crippen MR) is 151 cm³/mol. The van der Waals surface area contributed by atoms with Crippen LogP contribution in [0, 0.1) is 17.2 Å². The average Bonchev–Trinajstić information content (AvgIpc) is 2.91. The lowest BCUT2D eigenvalue weighted by Crippen LogP contribution is -2.61. The van der Waals surface area contributed by atoms with Crippen molar-refractivity contribution in [3.63, 3.8) is 0 Å². The van der Waals surface area contributed by atoms with E-state index in [9.17, 15) is 9.18 Å². The van der Waals surface area contributed by atoms with E-state index in [1.54, 1.807) is 11.1 Å². The molecule has 9 heteroatoms. The fourth-order valence-corrected chi connectivity index (χ4v) is 6.57. The van der Waals surface area contributed by atoms with Gasteiger partial charge in [0.15, 0.2) is 11.6 Å². The van der Waals surface area contributed by atoms with E-state index >= 15 is 0 Å². The number of ether oxygens (including phenoxy) is 1. The first-order valence-electron chi connectivity index (χ1n) is 14.6. The van der Waals surface area contributed by atoms with Gasteiger partial charge in [0.05, 0.1) is 11.8 Å². The van der Waals surface area contributed by atoms with Crippen molar-refractivity contribution in [2.75, 3.05) is 44.2 Å². The molecule has 1 saturated carbocycles. The van der Waals surface area contributed by atoms with E-state index in [2.05, 4.69) is 19.8 Å². The molecule has 212 valence electrons. The number of carbonyl (C=O) groups is 1. The highest BCUT2D eigenvalue weighted by atomic mass is 19.1. The number of rotatable bonds is 8. The van der Waals surface area contributed by atoms with Crippen molar-refractivity contribution in [2.24, 2.45) is 17.1 Å². The number of nitrogens with two attached hydrogens (primary N) is 1. The highest BCUT2D eigenvalue weighted by molar-refractivity contribution is 5.97. The summed E-state index contributed by atoms with van der Waals surface area (Å²) < 4.78 is 20.4.